The number of carboxylic acid groups (broad SMARTS) is 1. The highest BCUT2D eigenvalue weighted by Gasteiger charge is 2.09. The molecule has 2 aromatic carbocycles. The highest BCUT2D eigenvalue weighted by atomic mass is 79.9. The van der Waals surface area contributed by atoms with E-state index in [2.05, 4.69) is 21.2 Å². The van der Waals surface area contributed by atoms with E-state index in [4.69, 9.17) is 10.8 Å². The van der Waals surface area contributed by atoms with Gasteiger partial charge in [0, 0.05) is 5.69 Å². The van der Waals surface area contributed by atoms with Crippen molar-refractivity contribution in [1.29, 1.82) is 0 Å². The standard InChI is InChI=1S/C14H12BrFN2O2/c1-7-4-10(16)9(15)6-13(7)18-12-3-2-8(14(19)20)5-11(12)17/h2-6,18H,17H2,1H3,(H,19,20). The quantitative estimate of drug-likeness (QED) is 0.741. The number of carbonyl (C=O) groups is 1. The first-order valence-corrected chi connectivity index (χ1v) is 6.53. The fraction of sp³-hybridized carbons (Fsp3) is 0.0714. The minimum absolute atomic E-state index is 0.116. The number of aryl methyl sites for hydroxylation is 1. The third-order valence-corrected chi connectivity index (χ3v) is 3.44. The zero-order valence-corrected chi connectivity index (χ0v) is 12.2. The van der Waals surface area contributed by atoms with Crippen molar-refractivity contribution in [2.45, 2.75) is 6.92 Å². The molecule has 0 unspecified atom stereocenters. The minimum atomic E-state index is -1.04. The van der Waals surface area contributed by atoms with Crippen molar-refractivity contribution in [1.82, 2.24) is 0 Å². The summed E-state index contributed by atoms with van der Waals surface area (Å²) in [7, 11) is 0. The molecule has 0 aromatic heterocycles. The third-order valence-electron chi connectivity index (χ3n) is 2.84. The third kappa shape index (κ3) is 2.91. The number of hydrogen-bond acceptors (Lipinski definition) is 3. The van der Waals surface area contributed by atoms with Crippen LogP contribution in [-0.4, -0.2) is 11.1 Å². The number of benzene rings is 2. The number of nitrogen functional groups attached to an aromatic ring is 1. The summed E-state index contributed by atoms with van der Waals surface area (Å²) in [6.45, 7) is 1.76. The Bertz CT molecular complexity index is 689. The first-order chi connectivity index (χ1) is 9.38. The van der Waals surface area contributed by atoms with E-state index < -0.39 is 5.97 Å². The van der Waals surface area contributed by atoms with E-state index in [1.54, 1.807) is 19.1 Å². The molecule has 0 fully saturated rings. The zero-order valence-electron chi connectivity index (χ0n) is 10.6. The van der Waals surface area contributed by atoms with Gasteiger partial charge in [0.2, 0.25) is 0 Å². The fourth-order valence-corrected chi connectivity index (χ4v) is 2.08. The molecule has 0 saturated heterocycles. The summed E-state index contributed by atoms with van der Waals surface area (Å²) < 4.78 is 13.7. The molecule has 0 heterocycles. The van der Waals surface area contributed by atoms with Crippen LogP contribution in [-0.2, 0) is 0 Å². The van der Waals surface area contributed by atoms with Gasteiger partial charge in [0.05, 0.1) is 21.4 Å². The predicted octanol–water partition coefficient (Wildman–Crippen LogP) is 3.92. The van der Waals surface area contributed by atoms with Crippen LogP contribution in [0.4, 0.5) is 21.5 Å². The average Bonchev–Trinajstić information content (AvgIpc) is 2.37. The summed E-state index contributed by atoms with van der Waals surface area (Å²) in [6, 6.07) is 7.41. The maximum atomic E-state index is 13.4. The van der Waals surface area contributed by atoms with Gasteiger partial charge >= 0.3 is 5.97 Å². The molecule has 0 aliphatic carbocycles. The molecular formula is C14H12BrFN2O2. The number of anilines is 3. The van der Waals surface area contributed by atoms with E-state index >= 15 is 0 Å². The molecule has 0 saturated carbocycles. The van der Waals surface area contributed by atoms with Gasteiger partial charge in [-0.3, -0.25) is 0 Å². The van der Waals surface area contributed by atoms with Crippen LogP contribution in [0.3, 0.4) is 0 Å². The second-order valence-corrected chi connectivity index (χ2v) is 5.17. The lowest BCUT2D eigenvalue weighted by atomic mass is 10.1. The number of rotatable bonds is 3. The number of halogens is 2. The van der Waals surface area contributed by atoms with Crippen LogP contribution >= 0.6 is 15.9 Å². The van der Waals surface area contributed by atoms with Crippen LogP contribution < -0.4 is 11.1 Å². The largest absolute Gasteiger partial charge is 0.478 e. The Balaban J connectivity index is 2.35. The van der Waals surface area contributed by atoms with Crippen LogP contribution in [0.1, 0.15) is 15.9 Å². The monoisotopic (exact) mass is 338 g/mol. The van der Waals surface area contributed by atoms with Gasteiger partial charge in [-0.15, -0.1) is 0 Å². The van der Waals surface area contributed by atoms with Crippen molar-refractivity contribution in [3.63, 3.8) is 0 Å². The van der Waals surface area contributed by atoms with Crippen LogP contribution in [0, 0.1) is 12.7 Å². The number of nitrogens with two attached hydrogens (primary N) is 1. The van der Waals surface area contributed by atoms with E-state index in [1.807, 2.05) is 0 Å². The molecular weight excluding hydrogens is 327 g/mol. The fourth-order valence-electron chi connectivity index (χ4n) is 1.74. The Labute approximate surface area is 123 Å². The van der Waals surface area contributed by atoms with Gasteiger partial charge in [0.15, 0.2) is 0 Å². The van der Waals surface area contributed by atoms with Crippen molar-refractivity contribution in [3.8, 4) is 0 Å². The lowest BCUT2D eigenvalue weighted by Gasteiger charge is -2.13. The Kier molecular flexibility index (Phi) is 3.94. The molecule has 104 valence electrons. The van der Waals surface area contributed by atoms with Crippen LogP contribution in [0.25, 0.3) is 0 Å². The number of carboxylic acids is 1. The van der Waals surface area contributed by atoms with Gasteiger partial charge in [-0.05, 0) is 58.7 Å². The lowest BCUT2D eigenvalue weighted by molar-refractivity contribution is 0.0697. The molecule has 0 amide bonds. The van der Waals surface area contributed by atoms with E-state index in [9.17, 15) is 9.18 Å². The van der Waals surface area contributed by atoms with E-state index in [0.29, 0.717) is 27.1 Å². The van der Waals surface area contributed by atoms with Crippen LogP contribution in [0.5, 0.6) is 0 Å². The SMILES string of the molecule is Cc1cc(F)c(Br)cc1Nc1ccc(C(=O)O)cc1N. The summed E-state index contributed by atoms with van der Waals surface area (Å²) in [5.74, 6) is -1.38. The van der Waals surface area contributed by atoms with E-state index in [1.165, 1.54) is 18.2 Å². The Hall–Kier alpha value is -2.08. The average molecular weight is 339 g/mol. The first kappa shape index (κ1) is 14.3. The summed E-state index contributed by atoms with van der Waals surface area (Å²) in [5.41, 5.74) is 8.21. The van der Waals surface area contributed by atoms with Crippen molar-refractivity contribution in [2.75, 3.05) is 11.1 Å². The Morgan fingerprint density at radius 2 is 2.00 bits per heavy atom. The second-order valence-electron chi connectivity index (χ2n) is 4.31. The van der Waals surface area contributed by atoms with Gasteiger partial charge in [-0.2, -0.15) is 0 Å². The van der Waals surface area contributed by atoms with Gasteiger partial charge in [0.25, 0.3) is 0 Å². The van der Waals surface area contributed by atoms with E-state index in [0.717, 1.165) is 0 Å². The minimum Gasteiger partial charge on any atom is -0.478 e. The van der Waals surface area contributed by atoms with Gasteiger partial charge in [-0.1, -0.05) is 0 Å². The summed E-state index contributed by atoms with van der Waals surface area (Å²) >= 11 is 3.12. The molecule has 0 radical (unpaired) electrons. The molecule has 0 atom stereocenters. The second kappa shape index (κ2) is 5.50. The Morgan fingerprint density at radius 1 is 1.30 bits per heavy atom. The highest BCUT2D eigenvalue weighted by molar-refractivity contribution is 9.10. The smallest absolute Gasteiger partial charge is 0.335 e. The molecule has 6 heteroatoms. The Morgan fingerprint density at radius 3 is 2.60 bits per heavy atom. The molecule has 20 heavy (non-hydrogen) atoms. The lowest BCUT2D eigenvalue weighted by Crippen LogP contribution is -2.02. The molecule has 0 aliphatic heterocycles. The summed E-state index contributed by atoms with van der Waals surface area (Å²) in [6.07, 6.45) is 0. The summed E-state index contributed by atoms with van der Waals surface area (Å²) in [5, 5.41) is 11.9. The predicted molar refractivity (Wildman–Crippen MR) is 79.9 cm³/mol. The molecule has 4 N–H and O–H groups in total. The van der Waals surface area contributed by atoms with E-state index in [-0.39, 0.29) is 11.4 Å². The number of nitrogens with one attached hydrogen (secondary N) is 1. The van der Waals surface area contributed by atoms with Gasteiger partial charge in [0.1, 0.15) is 5.82 Å². The highest BCUT2D eigenvalue weighted by Crippen LogP contribution is 2.29. The molecule has 2 aromatic rings. The molecule has 0 spiro atoms. The van der Waals surface area contributed by atoms with Gasteiger partial charge in [-0.25, -0.2) is 9.18 Å². The molecule has 0 aliphatic rings. The summed E-state index contributed by atoms with van der Waals surface area (Å²) in [4.78, 5) is 10.8. The van der Waals surface area contributed by atoms with Gasteiger partial charge < -0.3 is 16.2 Å². The van der Waals surface area contributed by atoms with Crippen molar-refractivity contribution in [2.24, 2.45) is 0 Å². The van der Waals surface area contributed by atoms with Crippen molar-refractivity contribution < 1.29 is 14.3 Å². The molecule has 0 bridgehead atoms. The number of aromatic carboxylic acids is 1. The normalized spacial score (nSPS) is 10.3. The van der Waals surface area contributed by atoms with Crippen LogP contribution in [0.15, 0.2) is 34.8 Å². The zero-order chi connectivity index (χ0) is 14.9. The number of hydrogen-bond donors (Lipinski definition) is 3. The molecule has 4 nitrogen and oxygen atoms in total. The maximum Gasteiger partial charge on any atom is 0.335 e. The van der Waals surface area contributed by atoms with Crippen molar-refractivity contribution >= 4 is 39.0 Å². The first-order valence-electron chi connectivity index (χ1n) is 5.74. The maximum absolute atomic E-state index is 13.4. The van der Waals surface area contributed by atoms with Crippen molar-refractivity contribution in [3.05, 3.63) is 51.7 Å². The topological polar surface area (TPSA) is 75.3 Å². The molecule has 2 rings (SSSR count). The van der Waals surface area contributed by atoms with Crippen LogP contribution in [0.2, 0.25) is 0 Å².